The summed E-state index contributed by atoms with van der Waals surface area (Å²) in [6, 6.07) is 9.77. The van der Waals surface area contributed by atoms with E-state index in [1.54, 1.807) is 6.20 Å². The lowest BCUT2D eigenvalue weighted by atomic mass is 10.1. The average Bonchev–Trinajstić information content (AvgIpc) is 2.29. The summed E-state index contributed by atoms with van der Waals surface area (Å²) in [5, 5.41) is 1.02. The molecule has 0 aliphatic rings. The fourth-order valence-electron chi connectivity index (χ4n) is 1.50. The second-order valence-corrected chi connectivity index (χ2v) is 4.39. The third-order valence-electron chi connectivity index (χ3n) is 2.48. The van der Waals surface area contributed by atoms with Crippen molar-refractivity contribution in [2.24, 2.45) is 5.73 Å². The van der Waals surface area contributed by atoms with E-state index in [1.165, 1.54) is 0 Å². The van der Waals surface area contributed by atoms with E-state index in [4.69, 9.17) is 10.5 Å². The second kappa shape index (κ2) is 4.10. The Morgan fingerprint density at radius 2 is 2.06 bits per heavy atom. The maximum Gasteiger partial charge on any atom is 0.129 e. The zero-order valence-electron chi connectivity index (χ0n) is 9.60. The van der Waals surface area contributed by atoms with E-state index in [0.29, 0.717) is 6.54 Å². The van der Waals surface area contributed by atoms with Gasteiger partial charge in [-0.3, -0.25) is 4.98 Å². The van der Waals surface area contributed by atoms with Gasteiger partial charge in [0.25, 0.3) is 0 Å². The fourth-order valence-corrected chi connectivity index (χ4v) is 1.50. The van der Waals surface area contributed by atoms with E-state index < -0.39 is 0 Å². The molecule has 0 bridgehead atoms. The zero-order chi connectivity index (χ0) is 11.6. The molecule has 2 N–H and O–H groups in total. The zero-order valence-corrected chi connectivity index (χ0v) is 9.60. The van der Waals surface area contributed by atoms with Crippen LogP contribution in [0.2, 0.25) is 0 Å². The Morgan fingerprint density at radius 3 is 2.81 bits per heavy atom. The number of fused-ring (bicyclic) bond motifs is 1. The van der Waals surface area contributed by atoms with Gasteiger partial charge in [0.1, 0.15) is 11.4 Å². The summed E-state index contributed by atoms with van der Waals surface area (Å²) in [6.07, 6.45) is 1.78. The maximum absolute atomic E-state index is 5.90. The van der Waals surface area contributed by atoms with Gasteiger partial charge in [0, 0.05) is 18.1 Å². The predicted octanol–water partition coefficient (Wildman–Crippen LogP) is 2.35. The largest absolute Gasteiger partial charge is 0.486 e. The first-order chi connectivity index (χ1) is 7.62. The molecule has 1 heterocycles. The SMILES string of the molecule is CC(C)(CN)Oc1cccc2ncccc12. The summed E-state index contributed by atoms with van der Waals surface area (Å²) in [7, 11) is 0. The molecule has 0 amide bonds. The van der Waals surface area contributed by atoms with Crippen LogP contribution in [0.25, 0.3) is 10.9 Å². The second-order valence-electron chi connectivity index (χ2n) is 4.39. The molecule has 2 rings (SSSR count). The Morgan fingerprint density at radius 1 is 1.25 bits per heavy atom. The molecule has 0 unspecified atom stereocenters. The van der Waals surface area contributed by atoms with Gasteiger partial charge in [-0.05, 0) is 38.1 Å². The molecule has 16 heavy (non-hydrogen) atoms. The molecule has 2 aromatic rings. The van der Waals surface area contributed by atoms with E-state index in [9.17, 15) is 0 Å². The molecule has 0 aliphatic heterocycles. The Labute approximate surface area is 95.2 Å². The molecule has 0 radical (unpaired) electrons. The summed E-state index contributed by atoms with van der Waals surface area (Å²) in [6.45, 7) is 4.42. The van der Waals surface area contributed by atoms with Crippen LogP contribution < -0.4 is 10.5 Å². The van der Waals surface area contributed by atoms with Crippen LogP contribution >= 0.6 is 0 Å². The van der Waals surface area contributed by atoms with E-state index >= 15 is 0 Å². The number of rotatable bonds is 3. The minimum Gasteiger partial charge on any atom is -0.486 e. The van der Waals surface area contributed by atoms with Crippen LogP contribution in [0.1, 0.15) is 13.8 Å². The number of nitrogens with two attached hydrogens (primary N) is 1. The first-order valence-corrected chi connectivity index (χ1v) is 5.35. The minimum atomic E-state index is -0.357. The first-order valence-electron chi connectivity index (χ1n) is 5.35. The van der Waals surface area contributed by atoms with Crippen molar-refractivity contribution in [3.63, 3.8) is 0 Å². The van der Waals surface area contributed by atoms with Crippen LogP contribution in [0.15, 0.2) is 36.5 Å². The molecule has 3 nitrogen and oxygen atoms in total. The topological polar surface area (TPSA) is 48.1 Å². The molecule has 0 spiro atoms. The molecule has 3 heteroatoms. The van der Waals surface area contributed by atoms with Crippen molar-refractivity contribution in [3.05, 3.63) is 36.5 Å². The van der Waals surface area contributed by atoms with Crippen molar-refractivity contribution in [3.8, 4) is 5.75 Å². The van der Waals surface area contributed by atoms with Gasteiger partial charge in [0.2, 0.25) is 0 Å². The molecule has 1 aromatic heterocycles. The van der Waals surface area contributed by atoms with Gasteiger partial charge in [-0.1, -0.05) is 6.07 Å². The minimum absolute atomic E-state index is 0.357. The number of aromatic nitrogens is 1. The molecule has 0 saturated carbocycles. The highest BCUT2D eigenvalue weighted by Crippen LogP contribution is 2.26. The number of ether oxygens (including phenoxy) is 1. The van der Waals surface area contributed by atoms with Gasteiger partial charge in [-0.15, -0.1) is 0 Å². The van der Waals surface area contributed by atoms with Gasteiger partial charge in [-0.2, -0.15) is 0 Å². The van der Waals surface area contributed by atoms with Crippen molar-refractivity contribution >= 4 is 10.9 Å². The maximum atomic E-state index is 5.90. The fraction of sp³-hybridized carbons (Fsp3) is 0.308. The third kappa shape index (κ3) is 2.14. The van der Waals surface area contributed by atoms with Crippen LogP contribution in [-0.4, -0.2) is 17.1 Å². The van der Waals surface area contributed by atoms with Gasteiger partial charge in [0.15, 0.2) is 0 Å². The molecule has 0 fully saturated rings. The lowest BCUT2D eigenvalue weighted by Crippen LogP contribution is -2.37. The van der Waals surface area contributed by atoms with E-state index in [2.05, 4.69) is 4.98 Å². The molecule has 0 saturated heterocycles. The lowest BCUT2D eigenvalue weighted by Gasteiger charge is -2.25. The summed E-state index contributed by atoms with van der Waals surface area (Å²) < 4.78 is 5.90. The quantitative estimate of drug-likeness (QED) is 0.856. The van der Waals surface area contributed by atoms with E-state index in [-0.39, 0.29) is 5.60 Å². The Balaban J connectivity index is 2.45. The van der Waals surface area contributed by atoms with Crippen LogP contribution in [-0.2, 0) is 0 Å². The molecule has 0 aliphatic carbocycles. The first kappa shape index (κ1) is 10.9. The molecule has 0 atom stereocenters. The summed E-state index contributed by atoms with van der Waals surface area (Å²) in [4.78, 5) is 4.29. The molecule has 84 valence electrons. The van der Waals surface area contributed by atoms with Gasteiger partial charge in [0.05, 0.1) is 5.52 Å². The van der Waals surface area contributed by atoms with Gasteiger partial charge in [-0.25, -0.2) is 0 Å². The number of benzene rings is 1. The van der Waals surface area contributed by atoms with Crippen LogP contribution in [0.4, 0.5) is 0 Å². The standard InChI is InChI=1S/C13H16N2O/c1-13(2,9-14)16-12-7-3-6-11-10(12)5-4-8-15-11/h3-8H,9,14H2,1-2H3. The highest BCUT2D eigenvalue weighted by Gasteiger charge is 2.18. The summed E-state index contributed by atoms with van der Waals surface area (Å²) in [5.74, 6) is 0.834. The molecular formula is C13H16N2O. The highest BCUT2D eigenvalue weighted by atomic mass is 16.5. The predicted molar refractivity (Wildman–Crippen MR) is 65.5 cm³/mol. The monoisotopic (exact) mass is 216 g/mol. The van der Waals surface area contributed by atoms with Crippen LogP contribution in [0.3, 0.4) is 0 Å². The third-order valence-corrected chi connectivity index (χ3v) is 2.48. The summed E-state index contributed by atoms with van der Waals surface area (Å²) in [5.41, 5.74) is 6.24. The number of hydrogen-bond donors (Lipinski definition) is 1. The Bertz CT molecular complexity index is 489. The lowest BCUT2D eigenvalue weighted by molar-refractivity contribution is 0.121. The molecular weight excluding hydrogens is 200 g/mol. The summed E-state index contributed by atoms with van der Waals surface area (Å²) >= 11 is 0. The Kier molecular flexibility index (Phi) is 2.79. The van der Waals surface area contributed by atoms with Crippen LogP contribution in [0, 0.1) is 0 Å². The Hall–Kier alpha value is -1.61. The van der Waals surface area contributed by atoms with Crippen molar-refractivity contribution in [2.45, 2.75) is 19.4 Å². The van der Waals surface area contributed by atoms with Crippen molar-refractivity contribution < 1.29 is 4.74 Å². The average molecular weight is 216 g/mol. The van der Waals surface area contributed by atoms with Gasteiger partial charge >= 0.3 is 0 Å². The highest BCUT2D eigenvalue weighted by molar-refractivity contribution is 5.84. The number of nitrogens with zero attached hydrogens (tertiary/aromatic N) is 1. The van der Waals surface area contributed by atoms with Gasteiger partial charge < -0.3 is 10.5 Å². The van der Waals surface area contributed by atoms with E-state index in [1.807, 2.05) is 44.2 Å². The van der Waals surface area contributed by atoms with Crippen molar-refractivity contribution in [1.82, 2.24) is 4.98 Å². The van der Waals surface area contributed by atoms with Crippen LogP contribution in [0.5, 0.6) is 5.75 Å². The van der Waals surface area contributed by atoms with E-state index in [0.717, 1.165) is 16.7 Å². The van der Waals surface area contributed by atoms with Crippen molar-refractivity contribution in [1.29, 1.82) is 0 Å². The molecule has 1 aromatic carbocycles. The normalized spacial score (nSPS) is 11.7. The number of pyridine rings is 1. The number of hydrogen-bond acceptors (Lipinski definition) is 3. The smallest absolute Gasteiger partial charge is 0.129 e. The van der Waals surface area contributed by atoms with Crippen molar-refractivity contribution in [2.75, 3.05) is 6.54 Å².